The maximum absolute atomic E-state index is 12.6. The summed E-state index contributed by atoms with van der Waals surface area (Å²) in [6, 6.07) is 2.55. The minimum atomic E-state index is -3.90. The molecule has 130 valence electrons. The molecule has 0 spiro atoms. The van der Waals surface area contributed by atoms with Crippen LogP contribution in [-0.2, 0) is 14.8 Å². The molecule has 3 N–H and O–H groups in total. The molecular weight excluding hydrogens is 320 g/mol. The summed E-state index contributed by atoms with van der Waals surface area (Å²) >= 11 is 0. The number of nitrogens with one attached hydrogen (secondary N) is 1. The number of nitrogens with two attached hydrogens (primary N) is 1. The van der Waals surface area contributed by atoms with E-state index in [2.05, 4.69) is 4.72 Å². The summed E-state index contributed by atoms with van der Waals surface area (Å²) in [5, 5.41) is -0.300. The molecule has 1 aliphatic carbocycles. The van der Waals surface area contributed by atoms with Gasteiger partial charge in [-0.3, -0.25) is 0 Å². The number of ether oxygens (including phenoxy) is 1. The van der Waals surface area contributed by atoms with E-state index in [1.165, 1.54) is 12.1 Å². The molecule has 23 heavy (non-hydrogen) atoms. The van der Waals surface area contributed by atoms with Crippen LogP contribution in [0.15, 0.2) is 21.6 Å². The maximum atomic E-state index is 12.6. The third-order valence-corrected chi connectivity index (χ3v) is 5.90. The Morgan fingerprint density at radius 1 is 1.48 bits per heavy atom. The highest BCUT2D eigenvalue weighted by molar-refractivity contribution is 7.89. The van der Waals surface area contributed by atoms with Crippen molar-refractivity contribution in [3.63, 3.8) is 0 Å². The molecule has 1 fully saturated rings. The van der Waals surface area contributed by atoms with Gasteiger partial charge >= 0.3 is 5.97 Å². The van der Waals surface area contributed by atoms with E-state index in [0.29, 0.717) is 6.42 Å². The van der Waals surface area contributed by atoms with Crippen molar-refractivity contribution in [3.05, 3.63) is 17.9 Å². The summed E-state index contributed by atoms with van der Waals surface area (Å²) in [4.78, 5) is 11.6. The lowest BCUT2D eigenvalue weighted by atomic mass is 9.74. The summed E-state index contributed by atoms with van der Waals surface area (Å²) in [5.41, 5.74) is 5.20. The molecule has 0 bridgehead atoms. The summed E-state index contributed by atoms with van der Waals surface area (Å²) < 4.78 is 37.8. The van der Waals surface area contributed by atoms with Crippen molar-refractivity contribution in [1.82, 2.24) is 4.72 Å². The Balaban J connectivity index is 2.23. The molecule has 1 heterocycles. The Morgan fingerprint density at radius 3 is 2.83 bits per heavy atom. The van der Waals surface area contributed by atoms with Gasteiger partial charge in [-0.25, -0.2) is 17.9 Å². The van der Waals surface area contributed by atoms with Gasteiger partial charge in [-0.1, -0.05) is 19.8 Å². The zero-order valence-electron chi connectivity index (χ0n) is 13.5. The van der Waals surface area contributed by atoms with Crippen molar-refractivity contribution in [2.45, 2.75) is 50.2 Å². The highest BCUT2D eigenvalue weighted by Crippen LogP contribution is 2.34. The maximum Gasteiger partial charge on any atom is 0.374 e. The minimum absolute atomic E-state index is 0.134. The summed E-state index contributed by atoms with van der Waals surface area (Å²) in [6.07, 6.45) is 3.61. The molecule has 0 radical (unpaired) electrons. The van der Waals surface area contributed by atoms with E-state index in [9.17, 15) is 13.2 Å². The molecule has 0 aromatic carbocycles. The second-order valence-corrected chi connectivity index (χ2v) is 7.57. The van der Waals surface area contributed by atoms with E-state index in [0.717, 1.165) is 19.3 Å². The summed E-state index contributed by atoms with van der Waals surface area (Å²) in [6.45, 7) is 4.07. The Morgan fingerprint density at radius 2 is 2.22 bits per heavy atom. The first kappa shape index (κ1) is 18.0. The zero-order chi connectivity index (χ0) is 17.1. The van der Waals surface area contributed by atoms with Crippen molar-refractivity contribution in [3.8, 4) is 0 Å². The van der Waals surface area contributed by atoms with Gasteiger partial charge in [0, 0.05) is 12.1 Å². The van der Waals surface area contributed by atoms with Gasteiger partial charge in [0.1, 0.15) is 0 Å². The fourth-order valence-electron chi connectivity index (χ4n) is 3.00. The predicted molar refractivity (Wildman–Crippen MR) is 84.4 cm³/mol. The van der Waals surface area contributed by atoms with Gasteiger partial charge in [-0.05, 0) is 37.8 Å². The van der Waals surface area contributed by atoms with Crippen molar-refractivity contribution in [2.75, 3.05) is 13.2 Å². The van der Waals surface area contributed by atoms with Gasteiger partial charge in [-0.15, -0.1) is 0 Å². The van der Waals surface area contributed by atoms with Crippen LogP contribution in [0, 0.1) is 5.92 Å². The van der Waals surface area contributed by atoms with Crippen LogP contribution in [0.4, 0.5) is 0 Å². The van der Waals surface area contributed by atoms with E-state index in [4.69, 9.17) is 14.9 Å². The van der Waals surface area contributed by atoms with Crippen LogP contribution >= 0.6 is 0 Å². The zero-order valence-corrected chi connectivity index (χ0v) is 14.3. The van der Waals surface area contributed by atoms with Crippen LogP contribution in [0.3, 0.4) is 0 Å². The number of sulfonamides is 1. The van der Waals surface area contributed by atoms with Crippen LogP contribution < -0.4 is 10.5 Å². The van der Waals surface area contributed by atoms with Gasteiger partial charge < -0.3 is 14.9 Å². The molecule has 0 saturated heterocycles. The Labute approximate surface area is 136 Å². The first-order chi connectivity index (χ1) is 10.8. The van der Waals surface area contributed by atoms with E-state index in [-0.39, 0.29) is 29.9 Å². The van der Waals surface area contributed by atoms with Crippen molar-refractivity contribution in [1.29, 1.82) is 0 Å². The lowest BCUT2D eigenvalue weighted by molar-refractivity contribution is 0.0484. The minimum Gasteiger partial charge on any atom is -0.460 e. The summed E-state index contributed by atoms with van der Waals surface area (Å²) in [7, 11) is -3.90. The predicted octanol–water partition coefficient (Wildman–Crippen LogP) is 1.64. The largest absolute Gasteiger partial charge is 0.460 e. The summed E-state index contributed by atoms with van der Waals surface area (Å²) in [5.74, 6) is -0.685. The monoisotopic (exact) mass is 344 g/mol. The first-order valence-corrected chi connectivity index (χ1v) is 9.34. The lowest BCUT2D eigenvalue weighted by Crippen LogP contribution is -2.58. The quantitative estimate of drug-likeness (QED) is 0.759. The Bertz CT molecular complexity index is 655. The molecule has 1 aromatic rings. The van der Waals surface area contributed by atoms with Crippen LogP contribution in [0.5, 0.6) is 0 Å². The molecule has 1 saturated carbocycles. The fourth-order valence-corrected chi connectivity index (χ4v) is 4.47. The fraction of sp³-hybridized carbons (Fsp3) is 0.667. The van der Waals surface area contributed by atoms with Crippen molar-refractivity contribution in [2.24, 2.45) is 11.7 Å². The first-order valence-electron chi connectivity index (χ1n) is 7.85. The highest BCUT2D eigenvalue weighted by Gasteiger charge is 2.41. The molecule has 1 aromatic heterocycles. The van der Waals surface area contributed by atoms with E-state index < -0.39 is 21.5 Å². The molecular formula is C15H24N2O5S. The SMILES string of the molecule is CCOC(=O)c1ccc(S(=O)(=O)NC2(CN)CCCCC2C)o1. The van der Waals surface area contributed by atoms with Gasteiger partial charge in [0.05, 0.1) is 6.61 Å². The van der Waals surface area contributed by atoms with Gasteiger partial charge in [-0.2, -0.15) is 0 Å². The average Bonchev–Trinajstić information content (AvgIpc) is 3.01. The average molecular weight is 344 g/mol. The third-order valence-electron chi connectivity index (χ3n) is 4.48. The van der Waals surface area contributed by atoms with Crippen LogP contribution in [0.1, 0.15) is 50.1 Å². The number of hydrogen-bond acceptors (Lipinski definition) is 6. The van der Waals surface area contributed by atoms with Crippen LogP contribution in [0.2, 0.25) is 0 Å². The van der Waals surface area contributed by atoms with E-state index in [1.54, 1.807) is 6.92 Å². The molecule has 7 nitrogen and oxygen atoms in total. The van der Waals surface area contributed by atoms with Crippen molar-refractivity contribution < 1.29 is 22.4 Å². The molecule has 0 amide bonds. The molecule has 2 unspecified atom stereocenters. The van der Waals surface area contributed by atoms with Gasteiger partial charge in [0.25, 0.3) is 10.0 Å². The van der Waals surface area contributed by atoms with E-state index >= 15 is 0 Å². The number of hydrogen-bond donors (Lipinski definition) is 2. The smallest absolute Gasteiger partial charge is 0.374 e. The topological polar surface area (TPSA) is 112 Å². The Kier molecular flexibility index (Phi) is 5.49. The number of rotatable bonds is 6. The molecule has 1 aliphatic rings. The van der Waals surface area contributed by atoms with Gasteiger partial charge in [0.2, 0.25) is 10.9 Å². The normalized spacial score (nSPS) is 25.3. The van der Waals surface area contributed by atoms with Gasteiger partial charge in [0.15, 0.2) is 0 Å². The second kappa shape index (κ2) is 7.02. The second-order valence-electron chi connectivity index (χ2n) is 5.95. The lowest BCUT2D eigenvalue weighted by Gasteiger charge is -2.41. The number of carbonyl (C=O) groups is 1. The molecule has 2 atom stereocenters. The number of esters is 1. The van der Waals surface area contributed by atoms with Crippen LogP contribution in [-0.4, -0.2) is 33.1 Å². The molecule has 0 aliphatic heterocycles. The van der Waals surface area contributed by atoms with E-state index in [1.807, 2.05) is 6.92 Å². The highest BCUT2D eigenvalue weighted by atomic mass is 32.2. The number of carbonyl (C=O) groups excluding carboxylic acids is 1. The third kappa shape index (κ3) is 3.76. The Hall–Kier alpha value is -1.38. The standard InChI is InChI=1S/C15H24N2O5S/c1-3-21-14(18)12-7-8-13(22-12)23(19,20)17-15(10-16)9-5-4-6-11(15)2/h7-8,11,17H,3-6,9-10,16H2,1-2H3. The van der Waals surface area contributed by atoms with Crippen molar-refractivity contribution >= 4 is 16.0 Å². The molecule has 8 heteroatoms. The number of furan rings is 1. The molecule has 2 rings (SSSR count). The van der Waals surface area contributed by atoms with Crippen LogP contribution in [0.25, 0.3) is 0 Å².